The SMILES string of the molecule is C[C@@H]1C[C@H]1C(=O)N1CCN(C(=O)c2ccccc2Oc2cccnc2)CC1. The van der Waals surface area contributed by atoms with E-state index in [9.17, 15) is 9.59 Å². The fourth-order valence-electron chi connectivity index (χ4n) is 3.47. The summed E-state index contributed by atoms with van der Waals surface area (Å²) < 4.78 is 5.86. The van der Waals surface area contributed by atoms with Crippen molar-refractivity contribution in [2.24, 2.45) is 11.8 Å². The summed E-state index contributed by atoms with van der Waals surface area (Å²) in [7, 11) is 0. The van der Waals surface area contributed by atoms with Crippen molar-refractivity contribution in [2.75, 3.05) is 26.2 Å². The molecule has 2 aromatic rings. The minimum atomic E-state index is -0.0682. The van der Waals surface area contributed by atoms with Crippen LogP contribution in [0.15, 0.2) is 48.8 Å². The zero-order chi connectivity index (χ0) is 18.8. The Labute approximate surface area is 158 Å². The molecule has 1 saturated carbocycles. The number of rotatable bonds is 4. The quantitative estimate of drug-likeness (QED) is 0.836. The Hall–Kier alpha value is -2.89. The first-order chi connectivity index (χ1) is 13.1. The largest absolute Gasteiger partial charge is 0.455 e. The van der Waals surface area contributed by atoms with Gasteiger partial charge in [-0.2, -0.15) is 0 Å². The zero-order valence-electron chi connectivity index (χ0n) is 15.4. The van der Waals surface area contributed by atoms with Crippen molar-refractivity contribution in [3.8, 4) is 11.5 Å². The predicted octanol–water partition coefficient (Wildman–Crippen LogP) is 2.81. The molecule has 27 heavy (non-hydrogen) atoms. The van der Waals surface area contributed by atoms with E-state index in [1.807, 2.05) is 17.0 Å². The Morgan fingerprint density at radius 2 is 1.74 bits per heavy atom. The lowest BCUT2D eigenvalue weighted by Gasteiger charge is -2.35. The van der Waals surface area contributed by atoms with Crippen molar-refractivity contribution in [1.29, 1.82) is 0 Å². The fraction of sp³-hybridized carbons (Fsp3) is 0.381. The summed E-state index contributed by atoms with van der Waals surface area (Å²) in [6.07, 6.45) is 4.29. The van der Waals surface area contributed by atoms with Crippen molar-refractivity contribution >= 4 is 11.8 Å². The smallest absolute Gasteiger partial charge is 0.257 e. The molecule has 1 aromatic heterocycles. The number of hydrogen-bond acceptors (Lipinski definition) is 4. The summed E-state index contributed by atoms with van der Waals surface area (Å²) >= 11 is 0. The van der Waals surface area contributed by atoms with E-state index in [4.69, 9.17) is 4.74 Å². The number of carbonyl (C=O) groups is 2. The molecule has 0 radical (unpaired) electrons. The Morgan fingerprint density at radius 1 is 1.04 bits per heavy atom. The molecule has 4 rings (SSSR count). The summed E-state index contributed by atoms with van der Waals surface area (Å²) in [4.78, 5) is 33.1. The van der Waals surface area contributed by atoms with Gasteiger partial charge in [0.05, 0.1) is 11.8 Å². The molecular formula is C21H23N3O3. The molecule has 140 valence electrons. The highest BCUT2D eigenvalue weighted by molar-refractivity contribution is 5.97. The Balaban J connectivity index is 1.42. The average Bonchev–Trinajstić information content (AvgIpc) is 3.45. The molecule has 1 aliphatic carbocycles. The van der Waals surface area contributed by atoms with Gasteiger partial charge in [-0.05, 0) is 36.6 Å². The fourth-order valence-corrected chi connectivity index (χ4v) is 3.47. The van der Waals surface area contributed by atoms with Gasteiger partial charge < -0.3 is 14.5 Å². The molecule has 1 saturated heterocycles. The normalized spacial score (nSPS) is 21.7. The maximum Gasteiger partial charge on any atom is 0.257 e. The minimum Gasteiger partial charge on any atom is -0.455 e. The molecule has 2 fully saturated rings. The number of nitrogens with zero attached hydrogens (tertiary/aromatic N) is 3. The summed E-state index contributed by atoms with van der Waals surface area (Å²) in [6.45, 7) is 4.40. The lowest BCUT2D eigenvalue weighted by atomic mass is 10.1. The Morgan fingerprint density at radius 3 is 2.41 bits per heavy atom. The van der Waals surface area contributed by atoms with Crippen molar-refractivity contribution in [2.45, 2.75) is 13.3 Å². The van der Waals surface area contributed by atoms with E-state index in [1.165, 1.54) is 0 Å². The second-order valence-electron chi connectivity index (χ2n) is 7.22. The molecular weight excluding hydrogens is 342 g/mol. The van der Waals surface area contributed by atoms with E-state index >= 15 is 0 Å². The number of amides is 2. The van der Waals surface area contributed by atoms with E-state index in [2.05, 4.69) is 11.9 Å². The third kappa shape index (κ3) is 3.79. The first kappa shape index (κ1) is 17.5. The maximum atomic E-state index is 13.0. The molecule has 0 bridgehead atoms. The molecule has 6 nitrogen and oxygen atoms in total. The molecule has 2 atom stereocenters. The number of piperazine rings is 1. The van der Waals surface area contributed by atoms with Gasteiger partial charge in [-0.25, -0.2) is 0 Å². The van der Waals surface area contributed by atoms with E-state index < -0.39 is 0 Å². The van der Waals surface area contributed by atoms with Crippen molar-refractivity contribution < 1.29 is 14.3 Å². The first-order valence-electron chi connectivity index (χ1n) is 9.38. The van der Waals surface area contributed by atoms with Crippen LogP contribution in [-0.4, -0.2) is 52.8 Å². The predicted molar refractivity (Wildman–Crippen MR) is 101 cm³/mol. The first-order valence-corrected chi connectivity index (χ1v) is 9.38. The van der Waals surface area contributed by atoms with Gasteiger partial charge in [0.2, 0.25) is 5.91 Å². The monoisotopic (exact) mass is 365 g/mol. The van der Waals surface area contributed by atoms with Crippen LogP contribution in [0.2, 0.25) is 0 Å². The highest BCUT2D eigenvalue weighted by atomic mass is 16.5. The van der Waals surface area contributed by atoms with E-state index in [-0.39, 0.29) is 17.7 Å². The molecule has 1 aromatic carbocycles. The van der Waals surface area contributed by atoms with Gasteiger partial charge in [0.1, 0.15) is 11.5 Å². The highest BCUT2D eigenvalue weighted by Gasteiger charge is 2.42. The minimum absolute atomic E-state index is 0.0682. The van der Waals surface area contributed by atoms with Crippen molar-refractivity contribution in [1.82, 2.24) is 14.8 Å². The Bertz CT molecular complexity index is 832. The van der Waals surface area contributed by atoms with Gasteiger partial charge in [0.25, 0.3) is 5.91 Å². The van der Waals surface area contributed by atoms with Gasteiger partial charge in [-0.3, -0.25) is 14.6 Å². The molecule has 2 amide bonds. The van der Waals surface area contributed by atoms with E-state index in [0.717, 1.165) is 6.42 Å². The van der Waals surface area contributed by atoms with Crippen LogP contribution in [0.25, 0.3) is 0 Å². The summed E-state index contributed by atoms with van der Waals surface area (Å²) in [5.41, 5.74) is 0.525. The van der Waals surface area contributed by atoms with Gasteiger partial charge >= 0.3 is 0 Å². The maximum absolute atomic E-state index is 13.0. The number of para-hydroxylation sites is 1. The summed E-state index contributed by atoms with van der Waals surface area (Å²) in [5, 5.41) is 0. The van der Waals surface area contributed by atoms with Crippen LogP contribution in [0, 0.1) is 11.8 Å². The highest BCUT2D eigenvalue weighted by Crippen LogP contribution is 2.39. The zero-order valence-corrected chi connectivity index (χ0v) is 15.4. The van der Waals surface area contributed by atoms with Crippen LogP contribution in [0.3, 0.4) is 0 Å². The Kier molecular flexibility index (Phi) is 4.79. The van der Waals surface area contributed by atoms with Crippen LogP contribution < -0.4 is 4.74 Å². The molecule has 1 aliphatic heterocycles. The van der Waals surface area contributed by atoms with E-state index in [1.54, 1.807) is 41.6 Å². The molecule has 6 heteroatoms. The van der Waals surface area contributed by atoms with E-state index in [0.29, 0.717) is 49.2 Å². The number of pyridine rings is 1. The molecule has 2 aliphatic rings. The van der Waals surface area contributed by atoms with Gasteiger partial charge in [0, 0.05) is 38.3 Å². The number of hydrogen-bond donors (Lipinski definition) is 0. The number of benzene rings is 1. The molecule has 0 N–H and O–H groups in total. The van der Waals surface area contributed by atoms with Crippen LogP contribution in [0.5, 0.6) is 11.5 Å². The third-order valence-electron chi connectivity index (χ3n) is 5.28. The molecule has 2 heterocycles. The summed E-state index contributed by atoms with van der Waals surface area (Å²) in [6, 6.07) is 10.8. The van der Waals surface area contributed by atoms with Crippen molar-refractivity contribution in [3.05, 3.63) is 54.4 Å². The van der Waals surface area contributed by atoms with Crippen molar-refractivity contribution in [3.63, 3.8) is 0 Å². The van der Waals surface area contributed by atoms with Crippen LogP contribution in [0.4, 0.5) is 0 Å². The second-order valence-corrected chi connectivity index (χ2v) is 7.22. The second kappa shape index (κ2) is 7.39. The standard InChI is InChI=1S/C21H23N3O3/c1-15-13-18(15)21(26)24-11-9-23(10-12-24)20(25)17-6-2-3-7-19(17)27-16-5-4-8-22-14-16/h2-8,14-15,18H,9-13H2,1H3/t15-,18-/m1/s1. The third-order valence-corrected chi connectivity index (χ3v) is 5.28. The topological polar surface area (TPSA) is 62.7 Å². The molecule has 0 spiro atoms. The van der Waals surface area contributed by atoms with Gasteiger partial charge in [0.15, 0.2) is 0 Å². The van der Waals surface area contributed by atoms with Crippen LogP contribution >= 0.6 is 0 Å². The number of ether oxygens (including phenoxy) is 1. The van der Waals surface area contributed by atoms with Gasteiger partial charge in [-0.15, -0.1) is 0 Å². The van der Waals surface area contributed by atoms with Crippen LogP contribution in [0.1, 0.15) is 23.7 Å². The van der Waals surface area contributed by atoms with Crippen LogP contribution in [-0.2, 0) is 4.79 Å². The van der Waals surface area contributed by atoms with Gasteiger partial charge in [-0.1, -0.05) is 19.1 Å². The lowest BCUT2D eigenvalue weighted by Crippen LogP contribution is -2.51. The number of carbonyl (C=O) groups excluding carboxylic acids is 2. The lowest BCUT2D eigenvalue weighted by molar-refractivity contribution is -0.134. The number of aromatic nitrogens is 1. The molecule has 0 unspecified atom stereocenters. The summed E-state index contributed by atoms with van der Waals surface area (Å²) in [5.74, 6) is 1.98. The average molecular weight is 365 g/mol.